The summed E-state index contributed by atoms with van der Waals surface area (Å²) in [5.41, 5.74) is -0.115. The summed E-state index contributed by atoms with van der Waals surface area (Å²) < 4.78 is 0. The molecule has 0 heterocycles. The molecule has 1 amide bonds. The molecule has 1 fully saturated rings. The van der Waals surface area contributed by atoms with Crippen molar-refractivity contribution in [2.24, 2.45) is 5.92 Å². The predicted octanol–water partition coefficient (Wildman–Crippen LogP) is 4.26. The van der Waals surface area contributed by atoms with Gasteiger partial charge in [-0.1, -0.05) is 46.0 Å². The summed E-state index contributed by atoms with van der Waals surface area (Å²) in [5.74, 6) is 0.962. The maximum atomic E-state index is 12.3. The fraction of sp³-hybridized carbons (Fsp3) is 0.933. The van der Waals surface area contributed by atoms with Gasteiger partial charge in [0.25, 0.3) is 0 Å². The summed E-state index contributed by atoms with van der Waals surface area (Å²) in [5, 5.41) is 3.27. The minimum absolute atomic E-state index is 0.115. The van der Waals surface area contributed by atoms with E-state index in [4.69, 9.17) is 11.6 Å². The van der Waals surface area contributed by atoms with Crippen LogP contribution in [0.25, 0.3) is 0 Å². The van der Waals surface area contributed by atoms with Crippen LogP contribution in [-0.4, -0.2) is 17.3 Å². The van der Waals surface area contributed by atoms with E-state index in [1.807, 2.05) is 0 Å². The Kier molecular flexibility index (Phi) is 7.06. The zero-order chi connectivity index (χ0) is 13.4. The van der Waals surface area contributed by atoms with Crippen molar-refractivity contribution in [2.75, 3.05) is 5.88 Å². The lowest BCUT2D eigenvalue weighted by Crippen LogP contribution is -2.53. The molecule has 0 aromatic carbocycles. The van der Waals surface area contributed by atoms with Crippen LogP contribution in [0.5, 0.6) is 0 Å². The van der Waals surface area contributed by atoms with Crippen molar-refractivity contribution >= 4 is 17.5 Å². The number of hydrogen-bond donors (Lipinski definition) is 1. The van der Waals surface area contributed by atoms with Gasteiger partial charge in [0.2, 0.25) is 5.91 Å². The molecule has 0 bridgehead atoms. The van der Waals surface area contributed by atoms with E-state index < -0.39 is 0 Å². The second-order valence-corrected chi connectivity index (χ2v) is 5.98. The Morgan fingerprint density at radius 1 is 1.28 bits per heavy atom. The van der Waals surface area contributed by atoms with Gasteiger partial charge in [0.05, 0.1) is 5.54 Å². The number of carbonyl (C=O) groups is 1. The number of carbonyl (C=O) groups excluding carboxylic acids is 1. The lowest BCUT2D eigenvalue weighted by molar-refractivity contribution is -0.127. The molecule has 0 aliphatic heterocycles. The molecule has 1 rings (SSSR count). The van der Waals surface area contributed by atoms with E-state index in [0.29, 0.717) is 5.88 Å². The highest BCUT2D eigenvalue weighted by atomic mass is 35.5. The number of halogens is 1. The van der Waals surface area contributed by atoms with Gasteiger partial charge in [0, 0.05) is 11.8 Å². The SMILES string of the molecule is CCCCC(CC)C(=O)NC1(CCl)CCCCC1. The van der Waals surface area contributed by atoms with E-state index in [-0.39, 0.29) is 17.4 Å². The van der Waals surface area contributed by atoms with Crippen LogP contribution in [0.3, 0.4) is 0 Å². The standard InChI is InChI=1S/C15H28ClNO/c1-3-5-9-13(4-2)14(18)17-15(12-16)10-7-6-8-11-15/h13H,3-12H2,1-2H3,(H,17,18). The van der Waals surface area contributed by atoms with Crippen LogP contribution in [0.2, 0.25) is 0 Å². The molecule has 0 spiro atoms. The first-order valence-electron chi connectivity index (χ1n) is 7.55. The first-order chi connectivity index (χ1) is 8.67. The molecular formula is C15H28ClNO. The summed E-state index contributed by atoms with van der Waals surface area (Å²) in [6.45, 7) is 4.28. The highest BCUT2D eigenvalue weighted by Gasteiger charge is 2.34. The summed E-state index contributed by atoms with van der Waals surface area (Å²) >= 11 is 6.12. The number of nitrogens with one attached hydrogen (secondary N) is 1. The monoisotopic (exact) mass is 273 g/mol. The normalized spacial score (nSPS) is 20.4. The number of amides is 1. The van der Waals surface area contributed by atoms with E-state index in [1.165, 1.54) is 19.3 Å². The lowest BCUT2D eigenvalue weighted by atomic mass is 9.82. The largest absolute Gasteiger partial charge is 0.349 e. The average molecular weight is 274 g/mol. The number of hydrogen-bond acceptors (Lipinski definition) is 1. The Morgan fingerprint density at radius 2 is 1.94 bits per heavy atom. The first kappa shape index (κ1) is 15.8. The fourth-order valence-electron chi connectivity index (χ4n) is 2.86. The topological polar surface area (TPSA) is 29.1 Å². The molecule has 0 aromatic rings. The lowest BCUT2D eigenvalue weighted by Gasteiger charge is -2.37. The first-order valence-corrected chi connectivity index (χ1v) is 8.09. The van der Waals surface area contributed by atoms with E-state index in [0.717, 1.165) is 38.5 Å². The number of rotatable bonds is 7. The van der Waals surface area contributed by atoms with Crippen LogP contribution in [0.1, 0.15) is 71.6 Å². The van der Waals surface area contributed by atoms with Crippen molar-refractivity contribution in [3.05, 3.63) is 0 Å². The van der Waals surface area contributed by atoms with E-state index in [2.05, 4.69) is 19.2 Å². The van der Waals surface area contributed by atoms with Crippen molar-refractivity contribution in [3.8, 4) is 0 Å². The van der Waals surface area contributed by atoms with E-state index in [1.54, 1.807) is 0 Å². The van der Waals surface area contributed by atoms with E-state index in [9.17, 15) is 4.79 Å². The Labute approximate surface area is 117 Å². The van der Waals surface area contributed by atoms with Crippen LogP contribution in [0.4, 0.5) is 0 Å². The Hall–Kier alpha value is -0.240. The molecule has 18 heavy (non-hydrogen) atoms. The molecule has 1 saturated carbocycles. The van der Waals surface area contributed by atoms with Crippen molar-refractivity contribution in [1.29, 1.82) is 0 Å². The highest BCUT2D eigenvalue weighted by molar-refractivity contribution is 6.18. The molecule has 0 aromatic heterocycles. The highest BCUT2D eigenvalue weighted by Crippen LogP contribution is 2.30. The summed E-state index contributed by atoms with van der Waals surface area (Å²) in [7, 11) is 0. The van der Waals surface area contributed by atoms with Gasteiger partial charge in [-0.05, 0) is 25.7 Å². The molecule has 0 saturated heterocycles. The molecule has 1 unspecified atom stereocenters. The molecule has 1 aliphatic rings. The second-order valence-electron chi connectivity index (χ2n) is 5.71. The van der Waals surface area contributed by atoms with E-state index >= 15 is 0 Å². The molecule has 106 valence electrons. The number of unbranched alkanes of at least 4 members (excludes halogenated alkanes) is 1. The quantitative estimate of drug-likeness (QED) is 0.690. The molecule has 0 radical (unpaired) electrons. The maximum Gasteiger partial charge on any atom is 0.223 e. The van der Waals surface area contributed by atoms with Gasteiger partial charge >= 0.3 is 0 Å². The van der Waals surface area contributed by atoms with Crippen molar-refractivity contribution in [1.82, 2.24) is 5.32 Å². The molecule has 1 aliphatic carbocycles. The van der Waals surface area contributed by atoms with Gasteiger partial charge in [-0.3, -0.25) is 4.79 Å². The summed E-state index contributed by atoms with van der Waals surface area (Å²) in [4.78, 5) is 12.3. The molecule has 1 N–H and O–H groups in total. The van der Waals surface area contributed by atoms with Crippen LogP contribution < -0.4 is 5.32 Å². The third-order valence-corrected chi connectivity index (χ3v) is 4.74. The van der Waals surface area contributed by atoms with Gasteiger partial charge < -0.3 is 5.32 Å². The van der Waals surface area contributed by atoms with Crippen LogP contribution in [0, 0.1) is 5.92 Å². The Morgan fingerprint density at radius 3 is 2.44 bits per heavy atom. The minimum atomic E-state index is -0.115. The van der Waals surface area contributed by atoms with Gasteiger partial charge in [-0.25, -0.2) is 0 Å². The Balaban J connectivity index is 2.53. The zero-order valence-electron chi connectivity index (χ0n) is 11.9. The van der Waals surface area contributed by atoms with Gasteiger partial charge in [0.15, 0.2) is 0 Å². The van der Waals surface area contributed by atoms with Crippen LogP contribution >= 0.6 is 11.6 Å². The predicted molar refractivity (Wildman–Crippen MR) is 78.0 cm³/mol. The molecular weight excluding hydrogens is 246 g/mol. The third-order valence-electron chi connectivity index (χ3n) is 4.22. The Bertz CT molecular complexity index is 249. The fourth-order valence-corrected chi connectivity index (χ4v) is 3.19. The maximum absolute atomic E-state index is 12.3. The van der Waals surface area contributed by atoms with Crippen LogP contribution in [-0.2, 0) is 4.79 Å². The smallest absolute Gasteiger partial charge is 0.223 e. The van der Waals surface area contributed by atoms with Crippen molar-refractivity contribution < 1.29 is 4.79 Å². The van der Waals surface area contributed by atoms with Crippen molar-refractivity contribution in [3.63, 3.8) is 0 Å². The summed E-state index contributed by atoms with van der Waals surface area (Å²) in [6, 6.07) is 0. The van der Waals surface area contributed by atoms with Crippen molar-refractivity contribution in [2.45, 2.75) is 77.2 Å². The number of alkyl halides is 1. The van der Waals surface area contributed by atoms with Gasteiger partial charge in [-0.15, -0.1) is 11.6 Å². The van der Waals surface area contributed by atoms with Gasteiger partial charge in [0.1, 0.15) is 0 Å². The zero-order valence-corrected chi connectivity index (χ0v) is 12.7. The molecule has 2 nitrogen and oxygen atoms in total. The molecule has 3 heteroatoms. The summed E-state index contributed by atoms with van der Waals surface area (Å²) in [6.07, 6.45) is 10.0. The third kappa shape index (κ3) is 4.46. The van der Waals surface area contributed by atoms with Crippen LogP contribution in [0.15, 0.2) is 0 Å². The van der Waals surface area contributed by atoms with Gasteiger partial charge in [-0.2, -0.15) is 0 Å². The average Bonchev–Trinajstić information content (AvgIpc) is 2.40. The minimum Gasteiger partial charge on any atom is -0.349 e. The molecule has 1 atom stereocenters. The second kappa shape index (κ2) is 8.04.